The van der Waals surface area contributed by atoms with Crippen LogP contribution in [0, 0.1) is 0 Å². The molecule has 2 rings (SSSR count). The molecular weight excluding hydrogens is 206 g/mol. The van der Waals surface area contributed by atoms with Crippen LogP contribution in [0.5, 0.6) is 0 Å². The predicted molar refractivity (Wildman–Crippen MR) is 60.1 cm³/mol. The highest BCUT2D eigenvalue weighted by molar-refractivity contribution is 5.07. The average molecular weight is 225 g/mol. The van der Waals surface area contributed by atoms with E-state index in [9.17, 15) is 0 Å². The molecule has 0 aliphatic carbocycles. The van der Waals surface area contributed by atoms with Crippen LogP contribution in [0.1, 0.15) is 24.9 Å². The Hall–Kier alpha value is -0.840. The monoisotopic (exact) mass is 225 g/mol. The Morgan fingerprint density at radius 3 is 2.94 bits per heavy atom. The summed E-state index contributed by atoms with van der Waals surface area (Å²) < 4.78 is 16.0. The van der Waals surface area contributed by atoms with E-state index in [1.807, 2.05) is 12.1 Å². The SMILES string of the molecule is COCc1ccc(CNC2(C)CCOC2)o1. The van der Waals surface area contributed by atoms with Gasteiger partial charge < -0.3 is 19.2 Å². The fourth-order valence-corrected chi connectivity index (χ4v) is 1.84. The lowest BCUT2D eigenvalue weighted by Crippen LogP contribution is -2.42. The first-order valence-electron chi connectivity index (χ1n) is 5.61. The van der Waals surface area contributed by atoms with Gasteiger partial charge in [-0.05, 0) is 25.5 Å². The molecule has 1 unspecified atom stereocenters. The third-order valence-corrected chi connectivity index (χ3v) is 2.91. The van der Waals surface area contributed by atoms with Crippen molar-refractivity contribution >= 4 is 0 Å². The summed E-state index contributed by atoms with van der Waals surface area (Å²) in [5, 5.41) is 3.47. The Kier molecular flexibility index (Phi) is 3.63. The van der Waals surface area contributed by atoms with E-state index in [4.69, 9.17) is 13.9 Å². The first-order valence-corrected chi connectivity index (χ1v) is 5.61. The van der Waals surface area contributed by atoms with E-state index < -0.39 is 0 Å². The summed E-state index contributed by atoms with van der Waals surface area (Å²) >= 11 is 0. The van der Waals surface area contributed by atoms with Gasteiger partial charge in [-0.1, -0.05) is 0 Å². The van der Waals surface area contributed by atoms with Crippen LogP contribution in [0.25, 0.3) is 0 Å². The lowest BCUT2D eigenvalue weighted by Gasteiger charge is -2.22. The predicted octanol–water partition coefficient (Wildman–Crippen LogP) is 1.69. The molecular formula is C12H19NO3. The number of methoxy groups -OCH3 is 1. The van der Waals surface area contributed by atoms with Gasteiger partial charge in [-0.25, -0.2) is 0 Å². The molecule has 1 aromatic rings. The molecule has 1 saturated heterocycles. The zero-order chi connectivity index (χ0) is 11.4. The molecule has 1 N–H and O–H groups in total. The van der Waals surface area contributed by atoms with E-state index in [2.05, 4.69) is 12.2 Å². The molecule has 2 heterocycles. The fourth-order valence-electron chi connectivity index (χ4n) is 1.84. The molecule has 4 heteroatoms. The van der Waals surface area contributed by atoms with Gasteiger partial charge in [0.1, 0.15) is 18.1 Å². The summed E-state index contributed by atoms with van der Waals surface area (Å²) in [7, 11) is 1.66. The Labute approximate surface area is 95.9 Å². The highest BCUT2D eigenvalue weighted by Gasteiger charge is 2.28. The van der Waals surface area contributed by atoms with Crippen molar-refractivity contribution in [1.29, 1.82) is 0 Å². The van der Waals surface area contributed by atoms with Crippen LogP contribution >= 0.6 is 0 Å². The fraction of sp³-hybridized carbons (Fsp3) is 0.667. The molecule has 4 nitrogen and oxygen atoms in total. The summed E-state index contributed by atoms with van der Waals surface area (Å²) in [5.74, 6) is 1.81. The van der Waals surface area contributed by atoms with Crippen LogP contribution in [0.4, 0.5) is 0 Å². The summed E-state index contributed by atoms with van der Waals surface area (Å²) in [6.45, 7) is 5.07. The lowest BCUT2D eigenvalue weighted by molar-refractivity contribution is 0.160. The number of rotatable bonds is 5. The van der Waals surface area contributed by atoms with Gasteiger partial charge in [0.15, 0.2) is 0 Å². The molecule has 1 atom stereocenters. The van der Waals surface area contributed by atoms with E-state index >= 15 is 0 Å². The van der Waals surface area contributed by atoms with Gasteiger partial charge in [0.2, 0.25) is 0 Å². The number of ether oxygens (including phenoxy) is 2. The Morgan fingerprint density at radius 1 is 1.44 bits per heavy atom. The molecule has 0 aromatic carbocycles. The highest BCUT2D eigenvalue weighted by atomic mass is 16.5. The van der Waals surface area contributed by atoms with Gasteiger partial charge in [-0.2, -0.15) is 0 Å². The molecule has 0 bridgehead atoms. The van der Waals surface area contributed by atoms with Crippen LogP contribution in [0.3, 0.4) is 0 Å². The second-order valence-corrected chi connectivity index (χ2v) is 4.52. The van der Waals surface area contributed by atoms with E-state index in [-0.39, 0.29) is 5.54 Å². The Bertz CT molecular complexity index is 329. The second kappa shape index (κ2) is 4.99. The third kappa shape index (κ3) is 2.84. The van der Waals surface area contributed by atoms with Crippen LogP contribution < -0.4 is 5.32 Å². The molecule has 0 radical (unpaired) electrons. The lowest BCUT2D eigenvalue weighted by atomic mass is 10.0. The van der Waals surface area contributed by atoms with E-state index in [0.29, 0.717) is 6.61 Å². The molecule has 1 fully saturated rings. The van der Waals surface area contributed by atoms with Crippen LogP contribution in [0.2, 0.25) is 0 Å². The largest absolute Gasteiger partial charge is 0.462 e. The maximum absolute atomic E-state index is 5.60. The van der Waals surface area contributed by atoms with Gasteiger partial charge in [-0.3, -0.25) is 0 Å². The van der Waals surface area contributed by atoms with Crippen molar-refractivity contribution in [3.63, 3.8) is 0 Å². The number of hydrogen-bond donors (Lipinski definition) is 1. The molecule has 0 spiro atoms. The molecule has 0 amide bonds. The summed E-state index contributed by atoms with van der Waals surface area (Å²) in [6, 6.07) is 3.94. The first-order chi connectivity index (χ1) is 7.72. The summed E-state index contributed by atoms with van der Waals surface area (Å²) in [6.07, 6.45) is 1.05. The van der Waals surface area contributed by atoms with E-state index in [0.717, 1.165) is 37.7 Å². The standard InChI is InChI=1S/C12H19NO3/c1-12(5-6-15-9-12)13-7-10-3-4-11(16-10)8-14-2/h3-4,13H,5-9H2,1-2H3. The minimum Gasteiger partial charge on any atom is -0.462 e. The minimum absolute atomic E-state index is 0.0915. The van der Waals surface area contributed by atoms with Gasteiger partial charge in [0.05, 0.1) is 13.2 Å². The number of nitrogens with one attached hydrogen (secondary N) is 1. The van der Waals surface area contributed by atoms with Crippen LogP contribution in [0.15, 0.2) is 16.5 Å². The molecule has 90 valence electrons. The Morgan fingerprint density at radius 2 is 2.25 bits per heavy atom. The average Bonchev–Trinajstić information content (AvgIpc) is 2.86. The van der Waals surface area contributed by atoms with Crippen molar-refractivity contribution in [2.24, 2.45) is 0 Å². The van der Waals surface area contributed by atoms with Gasteiger partial charge in [-0.15, -0.1) is 0 Å². The normalized spacial score (nSPS) is 25.1. The molecule has 0 saturated carbocycles. The third-order valence-electron chi connectivity index (χ3n) is 2.91. The van der Waals surface area contributed by atoms with Crippen LogP contribution in [-0.2, 0) is 22.6 Å². The summed E-state index contributed by atoms with van der Waals surface area (Å²) in [5.41, 5.74) is 0.0915. The molecule has 16 heavy (non-hydrogen) atoms. The highest BCUT2D eigenvalue weighted by Crippen LogP contribution is 2.18. The van der Waals surface area contributed by atoms with Gasteiger partial charge in [0, 0.05) is 19.3 Å². The van der Waals surface area contributed by atoms with Gasteiger partial charge in [0.25, 0.3) is 0 Å². The zero-order valence-electron chi connectivity index (χ0n) is 9.91. The topological polar surface area (TPSA) is 43.6 Å². The van der Waals surface area contributed by atoms with E-state index in [1.165, 1.54) is 0 Å². The van der Waals surface area contributed by atoms with Crippen molar-refractivity contribution in [2.75, 3.05) is 20.3 Å². The van der Waals surface area contributed by atoms with Crippen molar-refractivity contribution in [2.45, 2.75) is 32.0 Å². The minimum atomic E-state index is 0.0915. The maximum atomic E-state index is 5.60. The number of hydrogen-bond acceptors (Lipinski definition) is 4. The smallest absolute Gasteiger partial charge is 0.129 e. The number of furan rings is 1. The molecule has 1 aromatic heterocycles. The van der Waals surface area contributed by atoms with Crippen molar-refractivity contribution in [3.05, 3.63) is 23.7 Å². The maximum Gasteiger partial charge on any atom is 0.129 e. The molecule has 1 aliphatic rings. The van der Waals surface area contributed by atoms with E-state index in [1.54, 1.807) is 7.11 Å². The second-order valence-electron chi connectivity index (χ2n) is 4.52. The van der Waals surface area contributed by atoms with Crippen molar-refractivity contribution in [3.8, 4) is 0 Å². The Balaban J connectivity index is 1.84. The molecule has 1 aliphatic heterocycles. The first kappa shape index (κ1) is 11.6. The zero-order valence-corrected chi connectivity index (χ0v) is 9.91. The summed E-state index contributed by atoms with van der Waals surface area (Å²) in [4.78, 5) is 0. The quantitative estimate of drug-likeness (QED) is 0.828. The van der Waals surface area contributed by atoms with Crippen molar-refractivity contribution in [1.82, 2.24) is 5.32 Å². The van der Waals surface area contributed by atoms with Crippen LogP contribution in [-0.4, -0.2) is 25.9 Å². The van der Waals surface area contributed by atoms with Crippen molar-refractivity contribution < 1.29 is 13.9 Å². The van der Waals surface area contributed by atoms with Gasteiger partial charge >= 0.3 is 0 Å².